The quantitative estimate of drug-likeness (QED) is 0.0315. The molecule has 0 aromatic heterocycles. The molecule has 0 saturated carbocycles. The van der Waals surface area contributed by atoms with Crippen LogP contribution in [0.3, 0.4) is 0 Å². The van der Waals surface area contributed by atoms with E-state index in [1.54, 1.807) is 0 Å². The van der Waals surface area contributed by atoms with E-state index in [0.717, 1.165) is 51.4 Å². The molecule has 18 heteroatoms. The summed E-state index contributed by atoms with van der Waals surface area (Å²) in [6.07, 6.45) is 45.8. The summed E-state index contributed by atoms with van der Waals surface area (Å²) in [4.78, 5) is 0. The average molecular weight is 1050 g/mol. The third-order valence-corrected chi connectivity index (χ3v) is 14.1. The van der Waals surface area contributed by atoms with Gasteiger partial charge in [-0.15, -0.1) is 0 Å². The molecule has 0 heterocycles. The van der Waals surface area contributed by atoms with E-state index in [1.807, 2.05) is 0 Å². The van der Waals surface area contributed by atoms with Crippen LogP contribution in [0, 0.1) is 0 Å². The van der Waals surface area contributed by atoms with Gasteiger partial charge in [0.15, 0.2) is 0 Å². The van der Waals surface area contributed by atoms with Crippen molar-refractivity contribution in [1.82, 2.24) is 0 Å². The van der Waals surface area contributed by atoms with Crippen LogP contribution in [0.1, 0.15) is 285 Å². The molecule has 0 bridgehead atoms. The molecule has 0 aromatic rings. The Morgan fingerprint density at radius 2 is 0.303 bits per heavy atom. The summed E-state index contributed by atoms with van der Waals surface area (Å²) in [5, 5.41) is 0. The molecular formula is C48H100AlNaO12S4. The van der Waals surface area contributed by atoms with E-state index in [9.17, 15) is 51.9 Å². The Balaban J connectivity index is -0.000000180. The summed E-state index contributed by atoms with van der Waals surface area (Å²) < 4.78 is 124. The van der Waals surface area contributed by atoms with Gasteiger partial charge < -0.3 is 18.2 Å². The molecule has 0 N–H and O–H groups in total. The van der Waals surface area contributed by atoms with Crippen LogP contribution >= 0.6 is 0 Å². The molecule has 0 atom stereocenters. The maximum atomic E-state index is 10.3. The zero-order valence-corrected chi connectivity index (χ0v) is 49.6. The van der Waals surface area contributed by atoms with Gasteiger partial charge in [-0.3, -0.25) is 0 Å². The monoisotopic (exact) mass is 1050 g/mol. The van der Waals surface area contributed by atoms with E-state index < -0.39 is 40.5 Å². The molecule has 0 aliphatic carbocycles. The predicted octanol–water partition coefficient (Wildman–Crippen LogP) is 10.4. The molecule has 0 aromatic carbocycles. The molecule has 0 saturated heterocycles. The molecule has 0 aliphatic heterocycles. The van der Waals surface area contributed by atoms with Crippen LogP contribution in [0.25, 0.3) is 0 Å². The van der Waals surface area contributed by atoms with Crippen LogP contribution in [0.15, 0.2) is 0 Å². The van der Waals surface area contributed by atoms with Gasteiger partial charge in [0.2, 0.25) is 0 Å². The zero-order valence-electron chi connectivity index (χ0n) is 43.2. The maximum absolute atomic E-state index is 10.3. The minimum absolute atomic E-state index is 0. The Morgan fingerprint density at radius 3 is 0.394 bits per heavy atom. The average Bonchev–Trinajstić information content (AvgIpc) is 3.20. The van der Waals surface area contributed by atoms with Gasteiger partial charge in [-0.1, -0.05) is 259 Å². The van der Waals surface area contributed by atoms with Crippen molar-refractivity contribution in [2.24, 2.45) is 0 Å². The Labute approximate surface area is 443 Å². The van der Waals surface area contributed by atoms with Crippen LogP contribution in [-0.2, 0) is 40.5 Å². The Bertz CT molecular complexity index is 1160. The number of unbranched alkanes of at least 4 members (excludes halogenated alkanes) is 36. The van der Waals surface area contributed by atoms with Crippen LogP contribution in [-0.4, -0.2) is 92.3 Å². The fourth-order valence-corrected chi connectivity index (χ4v) is 9.30. The molecule has 392 valence electrons. The molecule has 0 aliphatic rings. The van der Waals surface area contributed by atoms with Crippen LogP contribution in [0.2, 0.25) is 0 Å². The second kappa shape index (κ2) is 58.7. The largest absolute Gasteiger partial charge is 3.00 e. The van der Waals surface area contributed by atoms with E-state index in [2.05, 4.69) is 27.7 Å². The third-order valence-electron chi connectivity index (χ3n) is 11.0. The van der Waals surface area contributed by atoms with Crippen molar-refractivity contribution < 1.29 is 81.4 Å². The van der Waals surface area contributed by atoms with E-state index in [0.29, 0.717) is 25.7 Å². The van der Waals surface area contributed by atoms with E-state index in [-0.39, 0.29) is 69.9 Å². The molecule has 66 heavy (non-hydrogen) atoms. The second-order valence-corrected chi connectivity index (χ2v) is 23.9. The van der Waals surface area contributed by atoms with Gasteiger partial charge in [-0.25, -0.2) is 33.7 Å². The predicted molar refractivity (Wildman–Crippen MR) is 271 cm³/mol. The fourth-order valence-electron chi connectivity index (χ4n) is 7.07. The zero-order chi connectivity index (χ0) is 49.1. The van der Waals surface area contributed by atoms with Gasteiger partial charge in [0.25, 0.3) is 0 Å². The smallest absolute Gasteiger partial charge is 0.748 e. The summed E-state index contributed by atoms with van der Waals surface area (Å²) in [6.45, 7) is 8.85. The first-order chi connectivity index (χ1) is 30.2. The molecule has 0 fully saturated rings. The van der Waals surface area contributed by atoms with Crippen molar-refractivity contribution in [2.45, 2.75) is 285 Å². The third kappa shape index (κ3) is 94.9. The molecule has 0 unspecified atom stereocenters. The SMILES string of the molecule is CCCCCCCCCCCCS(=O)(=O)[O-].CCCCCCCCCCCCS(=O)(=O)[O-].CCCCCCCCCCCCS(=O)(=O)[O-].CCCCCCCCCCCCS(=O)(=O)[O-].[Al+3].[Na+]. The van der Waals surface area contributed by atoms with Crippen molar-refractivity contribution in [3.05, 3.63) is 0 Å². The maximum Gasteiger partial charge on any atom is 3.00 e. The minimum atomic E-state index is -3.98. The van der Waals surface area contributed by atoms with Gasteiger partial charge in [-0.2, -0.15) is 0 Å². The van der Waals surface area contributed by atoms with E-state index in [1.165, 1.54) is 180 Å². The van der Waals surface area contributed by atoms with Crippen LogP contribution in [0.4, 0.5) is 0 Å². The van der Waals surface area contributed by atoms with Crippen molar-refractivity contribution in [3.8, 4) is 0 Å². The van der Waals surface area contributed by atoms with E-state index >= 15 is 0 Å². The number of rotatable bonds is 44. The normalized spacial score (nSPS) is 11.5. The molecule has 0 amide bonds. The summed E-state index contributed by atoms with van der Waals surface area (Å²) >= 11 is 0. The van der Waals surface area contributed by atoms with Gasteiger partial charge in [-0.05, 0) is 25.7 Å². The first-order valence-corrected chi connectivity index (χ1v) is 32.3. The summed E-state index contributed by atoms with van der Waals surface area (Å²) in [7, 11) is -15.9. The number of hydrogen-bond acceptors (Lipinski definition) is 12. The number of hydrogen-bond donors (Lipinski definition) is 0. The minimum Gasteiger partial charge on any atom is -0.748 e. The summed E-state index contributed by atoms with van der Waals surface area (Å²) in [6, 6.07) is 0. The van der Waals surface area contributed by atoms with Gasteiger partial charge in [0, 0.05) is 23.0 Å². The molecule has 0 radical (unpaired) electrons. The molecular weight excluding hydrogens is 947 g/mol. The van der Waals surface area contributed by atoms with Gasteiger partial charge in [0.05, 0.1) is 40.5 Å². The van der Waals surface area contributed by atoms with Gasteiger partial charge in [0.1, 0.15) is 0 Å². The van der Waals surface area contributed by atoms with Crippen molar-refractivity contribution in [3.63, 3.8) is 0 Å². The Kier molecular flexibility index (Phi) is 70.0. The molecule has 0 spiro atoms. The summed E-state index contributed by atoms with van der Waals surface area (Å²) in [5.41, 5.74) is 0. The van der Waals surface area contributed by atoms with Crippen LogP contribution < -0.4 is 29.6 Å². The Morgan fingerprint density at radius 1 is 0.212 bits per heavy atom. The Hall–Kier alpha value is 1.17. The first kappa shape index (κ1) is 78.6. The summed E-state index contributed by atoms with van der Waals surface area (Å²) in [5.74, 6) is -0.764. The van der Waals surface area contributed by atoms with Crippen molar-refractivity contribution in [1.29, 1.82) is 0 Å². The topological polar surface area (TPSA) is 229 Å². The van der Waals surface area contributed by atoms with Crippen molar-refractivity contribution >= 4 is 57.8 Å². The standard InChI is InChI=1S/4C12H26O3S.Al.Na/c4*1-2-3-4-5-6-7-8-9-10-11-12-16(13,14)15;;/h4*2-12H2,1H3,(H,13,14,15);;/q;;;;+3;+1/p-4. The van der Waals surface area contributed by atoms with Crippen LogP contribution in [0.5, 0.6) is 0 Å². The van der Waals surface area contributed by atoms with Gasteiger partial charge >= 0.3 is 46.9 Å². The molecule has 12 nitrogen and oxygen atoms in total. The molecule has 0 rings (SSSR count). The fraction of sp³-hybridized carbons (Fsp3) is 1.00. The first-order valence-electron chi connectivity index (χ1n) is 26.0. The van der Waals surface area contributed by atoms with E-state index in [4.69, 9.17) is 0 Å². The second-order valence-electron chi connectivity index (χ2n) is 17.8. The van der Waals surface area contributed by atoms with Crippen molar-refractivity contribution in [2.75, 3.05) is 23.0 Å².